The molecule has 0 amide bonds. The zero-order chi connectivity index (χ0) is 22.1. The standard InChI is InChI=1S/C22H24N2O5S2/c1-12(2)16-9-15-17(10-29-16)31-20-19(15)21(26)24(13-5-7-14(27-3)8-6-13)22(23-20)30-11-18(25)28-4/h5-8,12,16H,9-11H2,1-4H3/t16-/m0/s1. The van der Waals surface area contributed by atoms with E-state index >= 15 is 0 Å². The van der Waals surface area contributed by atoms with E-state index in [1.54, 1.807) is 23.8 Å². The molecule has 0 saturated carbocycles. The molecule has 1 aliphatic rings. The second kappa shape index (κ2) is 9.02. The molecule has 0 aliphatic carbocycles. The molecule has 0 radical (unpaired) electrons. The molecule has 4 rings (SSSR count). The van der Waals surface area contributed by atoms with Gasteiger partial charge in [0.1, 0.15) is 10.6 Å². The normalized spacial score (nSPS) is 15.8. The highest BCUT2D eigenvalue weighted by atomic mass is 32.2. The first-order chi connectivity index (χ1) is 14.9. The number of carbonyl (C=O) groups is 1. The highest BCUT2D eigenvalue weighted by Crippen LogP contribution is 2.36. The molecule has 3 aromatic rings. The summed E-state index contributed by atoms with van der Waals surface area (Å²) in [6.07, 6.45) is 0.772. The molecule has 2 aromatic heterocycles. The van der Waals surface area contributed by atoms with Crippen LogP contribution in [0.25, 0.3) is 15.9 Å². The van der Waals surface area contributed by atoms with Gasteiger partial charge in [-0.2, -0.15) is 0 Å². The second-order valence-electron chi connectivity index (χ2n) is 7.58. The Balaban J connectivity index is 1.89. The highest BCUT2D eigenvalue weighted by Gasteiger charge is 2.29. The molecule has 0 unspecified atom stereocenters. The highest BCUT2D eigenvalue weighted by molar-refractivity contribution is 7.99. The van der Waals surface area contributed by atoms with Crippen LogP contribution in [0, 0.1) is 5.92 Å². The monoisotopic (exact) mass is 460 g/mol. The Kier molecular flexibility index (Phi) is 6.36. The number of hydrogen-bond donors (Lipinski definition) is 0. The summed E-state index contributed by atoms with van der Waals surface area (Å²) in [6.45, 7) is 4.74. The van der Waals surface area contributed by atoms with E-state index in [0.717, 1.165) is 10.4 Å². The van der Waals surface area contributed by atoms with Gasteiger partial charge in [0.15, 0.2) is 5.16 Å². The fraction of sp³-hybridized carbons (Fsp3) is 0.409. The number of ether oxygens (including phenoxy) is 3. The Labute approximate surface area is 188 Å². The topological polar surface area (TPSA) is 79.7 Å². The van der Waals surface area contributed by atoms with Crippen LogP contribution in [0.1, 0.15) is 24.3 Å². The van der Waals surface area contributed by atoms with Crippen molar-refractivity contribution in [1.82, 2.24) is 9.55 Å². The van der Waals surface area contributed by atoms with Gasteiger partial charge in [0.2, 0.25) is 0 Å². The molecular weight excluding hydrogens is 436 g/mol. The third-order valence-corrected chi connectivity index (χ3v) is 7.34. The van der Waals surface area contributed by atoms with Crippen LogP contribution in [0.3, 0.4) is 0 Å². The van der Waals surface area contributed by atoms with E-state index in [1.807, 2.05) is 12.1 Å². The summed E-state index contributed by atoms with van der Waals surface area (Å²) in [7, 11) is 2.94. The summed E-state index contributed by atoms with van der Waals surface area (Å²) in [5.41, 5.74) is 1.57. The van der Waals surface area contributed by atoms with Gasteiger partial charge in [-0.25, -0.2) is 4.98 Å². The van der Waals surface area contributed by atoms with Gasteiger partial charge in [0.05, 0.1) is 43.8 Å². The summed E-state index contributed by atoms with van der Waals surface area (Å²) in [5.74, 6) is 0.738. The molecule has 0 bridgehead atoms. The average molecular weight is 461 g/mol. The third-order valence-electron chi connectivity index (χ3n) is 5.33. The minimum Gasteiger partial charge on any atom is -0.497 e. The maximum Gasteiger partial charge on any atom is 0.316 e. The number of aromatic nitrogens is 2. The molecule has 31 heavy (non-hydrogen) atoms. The number of rotatable bonds is 6. The number of thioether (sulfide) groups is 1. The molecule has 0 spiro atoms. The third kappa shape index (κ3) is 4.22. The van der Waals surface area contributed by atoms with Crippen molar-refractivity contribution in [2.24, 2.45) is 5.92 Å². The Bertz CT molecular complexity index is 1170. The van der Waals surface area contributed by atoms with Crippen LogP contribution in [0.5, 0.6) is 5.75 Å². The molecule has 0 saturated heterocycles. The lowest BCUT2D eigenvalue weighted by Gasteiger charge is -2.26. The van der Waals surface area contributed by atoms with Gasteiger partial charge in [0.25, 0.3) is 5.56 Å². The van der Waals surface area contributed by atoms with Gasteiger partial charge in [-0.15, -0.1) is 11.3 Å². The van der Waals surface area contributed by atoms with Gasteiger partial charge < -0.3 is 14.2 Å². The lowest BCUT2D eigenvalue weighted by atomic mass is 9.96. The van der Waals surface area contributed by atoms with Crippen LogP contribution in [-0.2, 0) is 27.3 Å². The van der Waals surface area contributed by atoms with Crippen LogP contribution in [0.2, 0.25) is 0 Å². The van der Waals surface area contributed by atoms with Crippen molar-refractivity contribution in [3.63, 3.8) is 0 Å². The van der Waals surface area contributed by atoms with E-state index in [0.29, 0.717) is 45.8 Å². The Hall–Kier alpha value is -2.36. The summed E-state index contributed by atoms with van der Waals surface area (Å²) in [4.78, 5) is 32.0. The lowest BCUT2D eigenvalue weighted by Crippen LogP contribution is -2.28. The van der Waals surface area contributed by atoms with Crippen LogP contribution < -0.4 is 10.3 Å². The number of hydrogen-bond acceptors (Lipinski definition) is 8. The molecule has 1 atom stereocenters. The molecule has 7 nitrogen and oxygen atoms in total. The molecule has 1 aliphatic heterocycles. The summed E-state index contributed by atoms with van der Waals surface area (Å²) >= 11 is 2.68. The maximum absolute atomic E-state index is 13.8. The molecule has 1 aromatic carbocycles. The van der Waals surface area contributed by atoms with Gasteiger partial charge in [-0.3, -0.25) is 14.2 Å². The van der Waals surface area contributed by atoms with Gasteiger partial charge in [0, 0.05) is 11.3 Å². The quantitative estimate of drug-likeness (QED) is 0.314. The van der Waals surface area contributed by atoms with Crippen molar-refractivity contribution in [2.75, 3.05) is 20.0 Å². The fourth-order valence-electron chi connectivity index (χ4n) is 3.57. The molecule has 0 fully saturated rings. The number of esters is 1. The van der Waals surface area contributed by atoms with Crippen molar-refractivity contribution < 1.29 is 19.0 Å². The van der Waals surface area contributed by atoms with Crippen LogP contribution in [0.15, 0.2) is 34.2 Å². The van der Waals surface area contributed by atoms with E-state index in [1.165, 1.54) is 30.2 Å². The molecule has 3 heterocycles. The van der Waals surface area contributed by atoms with Crippen LogP contribution >= 0.6 is 23.1 Å². The number of fused-ring (bicyclic) bond motifs is 3. The molecule has 164 valence electrons. The number of nitrogens with zero attached hydrogens (tertiary/aromatic N) is 2. The zero-order valence-corrected chi connectivity index (χ0v) is 19.5. The molecule has 9 heteroatoms. The van der Waals surface area contributed by atoms with Crippen molar-refractivity contribution >= 4 is 39.3 Å². The molecular formula is C22H24N2O5S2. The van der Waals surface area contributed by atoms with E-state index in [9.17, 15) is 9.59 Å². The van der Waals surface area contributed by atoms with Crippen molar-refractivity contribution in [2.45, 2.75) is 38.1 Å². The van der Waals surface area contributed by atoms with Gasteiger partial charge in [-0.1, -0.05) is 25.6 Å². The first kappa shape index (κ1) is 21.9. The number of carbonyl (C=O) groups excluding carboxylic acids is 1. The minimum absolute atomic E-state index is 0.0637. The van der Waals surface area contributed by atoms with Crippen molar-refractivity contribution in [3.05, 3.63) is 45.1 Å². The fourth-order valence-corrected chi connectivity index (χ4v) is 5.58. The van der Waals surface area contributed by atoms with E-state index in [-0.39, 0.29) is 23.4 Å². The summed E-state index contributed by atoms with van der Waals surface area (Å²) in [6, 6.07) is 7.22. The van der Waals surface area contributed by atoms with Crippen LogP contribution in [0.4, 0.5) is 0 Å². The van der Waals surface area contributed by atoms with Crippen molar-refractivity contribution in [3.8, 4) is 11.4 Å². The Morgan fingerprint density at radius 2 is 2.06 bits per heavy atom. The summed E-state index contributed by atoms with van der Waals surface area (Å²) in [5, 5.41) is 1.10. The predicted molar refractivity (Wildman–Crippen MR) is 122 cm³/mol. The first-order valence-corrected chi connectivity index (χ1v) is 11.8. The van der Waals surface area contributed by atoms with Gasteiger partial charge >= 0.3 is 5.97 Å². The summed E-state index contributed by atoms with van der Waals surface area (Å²) < 4.78 is 17.6. The van der Waals surface area contributed by atoms with Gasteiger partial charge in [-0.05, 0) is 35.7 Å². The van der Waals surface area contributed by atoms with E-state index in [2.05, 4.69) is 13.8 Å². The predicted octanol–water partition coefficient (Wildman–Crippen LogP) is 3.82. The number of benzene rings is 1. The molecule has 0 N–H and O–H groups in total. The Morgan fingerprint density at radius 1 is 1.32 bits per heavy atom. The average Bonchev–Trinajstić information content (AvgIpc) is 3.15. The largest absolute Gasteiger partial charge is 0.497 e. The maximum atomic E-state index is 13.8. The first-order valence-electron chi connectivity index (χ1n) is 9.95. The van der Waals surface area contributed by atoms with E-state index in [4.69, 9.17) is 19.2 Å². The minimum atomic E-state index is -0.376. The van der Waals surface area contributed by atoms with Crippen molar-refractivity contribution in [1.29, 1.82) is 0 Å². The second-order valence-corrected chi connectivity index (χ2v) is 9.61. The number of methoxy groups -OCH3 is 2. The zero-order valence-electron chi connectivity index (χ0n) is 17.8. The van der Waals surface area contributed by atoms with Crippen LogP contribution in [-0.4, -0.2) is 41.6 Å². The SMILES string of the molecule is COC(=O)CSc1nc2sc3c(c2c(=O)n1-c1ccc(OC)cc1)C[C@@H](C(C)C)OC3. The van der Waals surface area contributed by atoms with E-state index < -0.39 is 0 Å². The number of thiophene rings is 1. The Morgan fingerprint density at radius 3 is 2.71 bits per heavy atom. The lowest BCUT2D eigenvalue weighted by molar-refractivity contribution is -0.137. The smallest absolute Gasteiger partial charge is 0.316 e.